The molecule has 0 radical (unpaired) electrons. The lowest BCUT2D eigenvalue weighted by atomic mass is 10.0. The molecule has 2 aliphatic rings. The molecule has 0 fully saturated rings. The second-order valence-corrected chi connectivity index (χ2v) is 7.67. The summed E-state index contributed by atoms with van der Waals surface area (Å²) in [7, 11) is 0. The Morgan fingerprint density at radius 2 is 1.82 bits per heavy atom. The molecule has 5 rings (SSSR count). The number of alkyl halides is 2. The van der Waals surface area contributed by atoms with Crippen LogP contribution in [0.5, 0.6) is 11.5 Å². The summed E-state index contributed by atoms with van der Waals surface area (Å²) in [5.74, 6) is 0.922. The molecule has 0 spiro atoms. The van der Waals surface area contributed by atoms with Gasteiger partial charge in [-0.25, -0.2) is 9.80 Å². The van der Waals surface area contributed by atoms with Crippen LogP contribution in [0.15, 0.2) is 72.8 Å². The van der Waals surface area contributed by atoms with Crippen molar-refractivity contribution >= 4 is 23.0 Å². The quantitative estimate of drug-likeness (QED) is 0.566. The van der Waals surface area contributed by atoms with Crippen molar-refractivity contribution in [3.63, 3.8) is 0 Å². The molecule has 6 nitrogen and oxygen atoms in total. The Balaban J connectivity index is 1.38. The normalized spacial score (nSPS) is 14.7. The Morgan fingerprint density at radius 3 is 2.58 bits per heavy atom. The minimum Gasteiger partial charge on any atom is -0.493 e. The molecule has 33 heavy (non-hydrogen) atoms. The Hall–Kier alpha value is -4.07. The van der Waals surface area contributed by atoms with Crippen molar-refractivity contribution in [1.82, 2.24) is 10.4 Å². The summed E-state index contributed by atoms with van der Waals surface area (Å²) in [6.45, 7) is -1.91. The first-order valence-corrected chi connectivity index (χ1v) is 10.5. The van der Waals surface area contributed by atoms with Gasteiger partial charge in [-0.3, -0.25) is 5.43 Å². The maximum absolute atomic E-state index is 13.0. The lowest BCUT2D eigenvalue weighted by Crippen LogP contribution is -2.40. The third-order valence-electron chi connectivity index (χ3n) is 5.54. The third kappa shape index (κ3) is 4.45. The van der Waals surface area contributed by atoms with Crippen LogP contribution < -0.4 is 20.2 Å². The highest BCUT2D eigenvalue weighted by molar-refractivity contribution is 5.98. The monoisotopic (exact) mass is 449 g/mol. The fourth-order valence-corrected chi connectivity index (χ4v) is 3.97. The van der Waals surface area contributed by atoms with Gasteiger partial charge in [0.25, 0.3) is 0 Å². The number of nitrogens with zero attached hydrogens (tertiary/aromatic N) is 1. The van der Waals surface area contributed by atoms with Crippen LogP contribution in [-0.4, -0.2) is 30.8 Å². The molecule has 3 aromatic rings. The van der Waals surface area contributed by atoms with E-state index in [9.17, 15) is 13.6 Å². The third-order valence-corrected chi connectivity index (χ3v) is 5.54. The van der Waals surface area contributed by atoms with Crippen molar-refractivity contribution < 1.29 is 23.0 Å². The average molecular weight is 449 g/mol. The van der Waals surface area contributed by atoms with Gasteiger partial charge in [0.1, 0.15) is 11.5 Å². The van der Waals surface area contributed by atoms with E-state index in [2.05, 4.69) is 15.5 Å². The maximum Gasteiger partial charge on any atom is 0.387 e. The molecule has 8 heteroatoms. The van der Waals surface area contributed by atoms with Crippen LogP contribution in [0.25, 0.3) is 11.3 Å². The van der Waals surface area contributed by atoms with Crippen molar-refractivity contribution in [3.05, 3.63) is 89.5 Å². The summed E-state index contributed by atoms with van der Waals surface area (Å²) < 4.78 is 35.0. The lowest BCUT2D eigenvalue weighted by Gasteiger charge is -2.19. The van der Waals surface area contributed by atoms with Crippen LogP contribution in [0, 0.1) is 0 Å². The highest BCUT2D eigenvalue weighted by Gasteiger charge is 2.28. The number of benzene rings is 3. The van der Waals surface area contributed by atoms with E-state index >= 15 is 0 Å². The smallest absolute Gasteiger partial charge is 0.387 e. The summed E-state index contributed by atoms with van der Waals surface area (Å²) in [5.41, 5.74) is 8.28. The largest absolute Gasteiger partial charge is 0.493 e. The number of ether oxygens (including phenoxy) is 2. The number of hydrogen-bond acceptors (Lipinski definition) is 4. The van der Waals surface area contributed by atoms with E-state index in [1.54, 1.807) is 12.1 Å². The molecule has 2 amide bonds. The molecule has 3 aromatic carbocycles. The van der Waals surface area contributed by atoms with Crippen LogP contribution in [-0.2, 0) is 6.42 Å². The number of urea groups is 1. The Bertz CT molecular complexity index is 1200. The Kier molecular flexibility index (Phi) is 5.56. The first-order valence-electron chi connectivity index (χ1n) is 10.5. The van der Waals surface area contributed by atoms with Crippen LogP contribution in [0.3, 0.4) is 0 Å². The number of rotatable bonds is 5. The van der Waals surface area contributed by atoms with Gasteiger partial charge >= 0.3 is 12.6 Å². The predicted octanol–water partition coefficient (Wildman–Crippen LogP) is 5.14. The zero-order valence-electron chi connectivity index (χ0n) is 17.6. The highest BCUT2D eigenvalue weighted by Crippen LogP contribution is 2.32. The second kappa shape index (κ2) is 8.82. The van der Waals surface area contributed by atoms with E-state index in [4.69, 9.17) is 4.74 Å². The van der Waals surface area contributed by atoms with Gasteiger partial charge in [-0.05, 0) is 53.6 Å². The molecule has 0 saturated carbocycles. The van der Waals surface area contributed by atoms with Gasteiger partial charge in [0.2, 0.25) is 0 Å². The number of hydrazine groups is 1. The number of amides is 2. The van der Waals surface area contributed by atoms with Gasteiger partial charge in [-0.1, -0.05) is 30.3 Å². The van der Waals surface area contributed by atoms with Gasteiger partial charge < -0.3 is 14.8 Å². The Labute approximate surface area is 189 Å². The topological polar surface area (TPSA) is 62.8 Å². The van der Waals surface area contributed by atoms with Crippen LogP contribution in [0.1, 0.15) is 16.7 Å². The van der Waals surface area contributed by atoms with Crippen molar-refractivity contribution in [1.29, 1.82) is 0 Å². The highest BCUT2D eigenvalue weighted by atomic mass is 19.3. The van der Waals surface area contributed by atoms with E-state index in [1.807, 2.05) is 48.5 Å². The van der Waals surface area contributed by atoms with E-state index in [0.717, 1.165) is 40.1 Å². The standard InChI is InChI=1S/C25H21F2N3O3/c26-24(27)33-20-9-6-17(7-10-20)23-21(16-4-2-1-3-5-16)15-30(29-23)25(31)28-19-8-11-22-18(14-19)12-13-32-22/h1-11,14,24,29H,12-13,15H2,(H,28,31). The molecular formula is C25H21F2N3O3. The molecule has 0 saturated heterocycles. The molecule has 0 aliphatic carbocycles. The number of nitrogens with one attached hydrogen (secondary N) is 2. The van der Waals surface area contributed by atoms with Crippen LogP contribution >= 0.6 is 0 Å². The van der Waals surface area contributed by atoms with E-state index < -0.39 is 6.61 Å². The van der Waals surface area contributed by atoms with Crippen molar-refractivity contribution in [2.24, 2.45) is 0 Å². The number of anilines is 1. The van der Waals surface area contributed by atoms with Gasteiger partial charge in [-0.15, -0.1) is 0 Å². The number of halogens is 2. The number of fused-ring (bicyclic) bond motifs is 1. The summed E-state index contributed by atoms with van der Waals surface area (Å²) in [4.78, 5) is 13.0. The maximum atomic E-state index is 13.0. The Morgan fingerprint density at radius 1 is 1.03 bits per heavy atom. The molecule has 0 aromatic heterocycles. The van der Waals surface area contributed by atoms with Gasteiger partial charge in [-0.2, -0.15) is 8.78 Å². The van der Waals surface area contributed by atoms with Crippen molar-refractivity contribution in [3.8, 4) is 11.5 Å². The number of carbonyl (C=O) groups excluding carboxylic acids is 1. The summed E-state index contributed by atoms with van der Waals surface area (Å²) in [6, 6.07) is 21.3. The van der Waals surface area contributed by atoms with E-state index in [-0.39, 0.29) is 11.8 Å². The number of carbonyl (C=O) groups is 1. The molecule has 168 valence electrons. The molecular weight excluding hydrogens is 428 g/mol. The summed E-state index contributed by atoms with van der Waals surface area (Å²) in [6.07, 6.45) is 0.816. The average Bonchev–Trinajstić information content (AvgIpc) is 3.47. The van der Waals surface area contributed by atoms with Crippen molar-refractivity contribution in [2.45, 2.75) is 13.0 Å². The fourth-order valence-electron chi connectivity index (χ4n) is 3.97. The second-order valence-electron chi connectivity index (χ2n) is 7.67. The SMILES string of the molecule is O=C(Nc1ccc2c(c1)CCO2)N1CC(c2ccccc2)=C(c2ccc(OC(F)F)cc2)N1. The molecule has 0 atom stereocenters. The van der Waals surface area contributed by atoms with Gasteiger partial charge in [0.15, 0.2) is 0 Å². The van der Waals surface area contributed by atoms with Crippen LogP contribution in [0.2, 0.25) is 0 Å². The molecule has 0 bridgehead atoms. The minimum absolute atomic E-state index is 0.0730. The van der Waals surface area contributed by atoms with Crippen LogP contribution in [0.4, 0.5) is 19.3 Å². The van der Waals surface area contributed by atoms with Crippen molar-refractivity contribution in [2.75, 3.05) is 18.5 Å². The molecule has 0 unspecified atom stereocenters. The predicted molar refractivity (Wildman–Crippen MR) is 121 cm³/mol. The molecule has 2 aliphatic heterocycles. The number of hydrogen-bond donors (Lipinski definition) is 2. The summed E-state index contributed by atoms with van der Waals surface area (Å²) in [5, 5.41) is 4.42. The first-order chi connectivity index (χ1) is 16.1. The lowest BCUT2D eigenvalue weighted by molar-refractivity contribution is -0.0498. The minimum atomic E-state index is -2.88. The molecule has 2 heterocycles. The van der Waals surface area contributed by atoms with E-state index in [0.29, 0.717) is 18.8 Å². The fraction of sp³-hybridized carbons (Fsp3) is 0.160. The first kappa shape index (κ1) is 20.8. The van der Waals surface area contributed by atoms with E-state index in [1.165, 1.54) is 17.1 Å². The van der Waals surface area contributed by atoms with Gasteiger partial charge in [0, 0.05) is 23.2 Å². The summed E-state index contributed by atoms with van der Waals surface area (Å²) >= 11 is 0. The zero-order chi connectivity index (χ0) is 22.8. The van der Waals surface area contributed by atoms with Gasteiger partial charge in [0.05, 0.1) is 18.8 Å². The molecule has 2 N–H and O–H groups in total. The zero-order valence-corrected chi connectivity index (χ0v) is 17.6.